The van der Waals surface area contributed by atoms with E-state index in [-0.39, 0.29) is 11.9 Å². The van der Waals surface area contributed by atoms with E-state index < -0.39 is 0 Å². The number of ether oxygens (including phenoxy) is 1. The van der Waals surface area contributed by atoms with Gasteiger partial charge in [0.25, 0.3) is 5.91 Å². The highest BCUT2D eigenvalue weighted by Gasteiger charge is 2.39. The van der Waals surface area contributed by atoms with Crippen LogP contribution in [-0.4, -0.2) is 29.1 Å². The molecule has 1 aliphatic carbocycles. The summed E-state index contributed by atoms with van der Waals surface area (Å²) in [5, 5.41) is 0.777. The second-order valence-corrected chi connectivity index (χ2v) is 7.71. The van der Waals surface area contributed by atoms with E-state index in [1.807, 2.05) is 65.6 Å². The van der Waals surface area contributed by atoms with Crippen LogP contribution in [0.15, 0.2) is 64.5 Å². The molecule has 1 amide bonds. The average molecular weight is 378 g/mol. The van der Waals surface area contributed by atoms with Gasteiger partial charge in [0.1, 0.15) is 5.75 Å². The lowest BCUT2D eigenvalue weighted by molar-refractivity contribution is -0.123. The number of thioether (sulfide) groups is 1. The van der Waals surface area contributed by atoms with Crippen LogP contribution in [0.2, 0.25) is 0 Å². The molecule has 0 aromatic heterocycles. The van der Waals surface area contributed by atoms with E-state index in [1.165, 1.54) is 24.6 Å². The Bertz CT molecular complexity index is 886. The van der Waals surface area contributed by atoms with Crippen LogP contribution in [0, 0.1) is 0 Å². The lowest BCUT2D eigenvalue weighted by atomic mass is 10.1. The van der Waals surface area contributed by atoms with Gasteiger partial charge in [-0.2, -0.15) is 0 Å². The first-order valence-electron chi connectivity index (χ1n) is 9.26. The normalized spacial score (nSPS) is 20.8. The largest absolute Gasteiger partial charge is 0.496 e. The number of nitrogens with zero attached hydrogens (tertiary/aromatic N) is 2. The Hall–Kier alpha value is -2.53. The maximum Gasteiger partial charge on any atom is 0.267 e. The van der Waals surface area contributed by atoms with Gasteiger partial charge in [-0.1, -0.05) is 49.2 Å². The maximum absolute atomic E-state index is 13.2. The van der Waals surface area contributed by atoms with Gasteiger partial charge in [-0.25, -0.2) is 4.99 Å². The molecular weight excluding hydrogens is 356 g/mol. The predicted octanol–water partition coefficient (Wildman–Crippen LogP) is 5.24. The summed E-state index contributed by atoms with van der Waals surface area (Å²) >= 11 is 1.45. The molecule has 4 rings (SSSR count). The molecule has 5 heteroatoms. The minimum absolute atomic E-state index is 0.0486. The van der Waals surface area contributed by atoms with Crippen LogP contribution in [0.1, 0.15) is 31.2 Å². The molecule has 1 aliphatic heterocycles. The summed E-state index contributed by atoms with van der Waals surface area (Å²) < 4.78 is 5.43. The van der Waals surface area contributed by atoms with Gasteiger partial charge in [0.2, 0.25) is 0 Å². The van der Waals surface area contributed by atoms with Crippen molar-refractivity contribution in [1.29, 1.82) is 0 Å². The first kappa shape index (κ1) is 17.9. The molecule has 0 unspecified atom stereocenters. The fourth-order valence-electron chi connectivity index (χ4n) is 3.59. The topological polar surface area (TPSA) is 41.9 Å². The number of benzene rings is 2. The summed E-state index contributed by atoms with van der Waals surface area (Å²) in [6, 6.07) is 17.8. The third-order valence-corrected chi connectivity index (χ3v) is 5.92. The predicted molar refractivity (Wildman–Crippen MR) is 111 cm³/mol. The molecule has 0 spiro atoms. The summed E-state index contributed by atoms with van der Waals surface area (Å²) in [5.41, 5.74) is 1.78. The summed E-state index contributed by atoms with van der Waals surface area (Å²) in [5.74, 6) is 0.812. The van der Waals surface area contributed by atoms with E-state index in [9.17, 15) is 4.79 Å². The van der Waals surface area contributed by atoms with Gasteiger partial charge in [-0.15, -0.1) is 0 Å². The van der Waals surface area contributed by atoms with Crippen LogP contribution in [0.4, 0.5) is 5.69 Å². The highest BCUT2D eigenvalue weighted by molar-refractivity contribution is 8.18. The van der Waals surface area contributed by atoms with Crippen LogP contribution < -0.4 is 4.74 Å². The highest BCUT2D eigenvalue weighted by atomic mass is 32.2. The molecule has 2 aromatic rings. The third-order valence-electron chi connectivity index (χ3n) is 4.93. The molecule has 2 fully saturated rings. The molecule has 0 atom stereocenters. The second kappa shape index (κ2) is 8.01. The number of aliphatic imine (C=N–C) groups is 1. The minimum atomic E-state index is 0.0486. The van der Waals surface area contributed by atoms with Crippen molar-refractivity contribution >= 4 is 34.6 Å². The van der Waals surface area contributed by atoms with Crippen molar-refractivity contribution in [2.45, 2.75) is 31.7 Å². The number of hydrogen-bond donors (Lipinski definition) is 0. The Morgan fingerprint density at radius 3 is 2.52 bits per heavy atom. The molecule has 0 N–H and O–H groups in total. The van der Waals surface area contributed by atoms with E-state index in [2.05, 4.69) is 0 Å². The summed E-state index contributed by atoms with van der Waals surface area (Å²) in [6.07, 6.45) is 6.35. The standard InChI is InChI=1S/C22H22N2O2S/c1-26-19-14-8-5-9-16(19)15-20-21(25)24(18-12-6-7-13-18)22(27-20)23-17-10-3-2-4-11-17/h2-5,8-11,14-15,18H,6-7,12-13H2,1H3. The van der Waals surface area contributed by atoms with Gasteiger partial charge in [-0.05, 0) is 48.9 Å². The zero-order chi connectivity index (χ0) is 18.6. The number of carbonyl (C=O) groups is 1. The van der Waals surface area contributed by atoms with Crippen molar-refractivity contribution < 1.29 is 9.53 Å². The van der Waals surface area contributed by atoms with E-state index in [0.717, 1.165) is 35.0 Å². The van der Waals surface area contributed by atoms with Gasteiger partial charge in [0.15, 0.2) is 5.17 Å². The summed E-state index contributed by atoms with van der Waals surface area (Å²) in [4.78, 5) is 20.6. The van der Waals surface area contributed by atoms with Gasteiger partial charge in [0.05, 0.1) is 17.7 Å². The van der Waals surface area contributed by atoms with E-state index >= 15 is 0 Å². The Labute approximate surface area is 163 Å². The van der Waals surface area contributed by atoms with Crippen molar-refractivity contribution in [2.24, 2.45) is 4.99 Å². The van der Waals surface area contributed by atoms with Crippen molar-refractivity contribution in [3.05, 3.63) is 65.1 Å². The van der Waals surface area contributed by atoms with Crippen LogP contribution in [0.3, 0.4) is 0 Å². The zero-order valence-corrected chi connectivity index (χ0v) is 16.1. The molecular formula is C22H22N2O2S. The number of rotatable bonds is 4. The number of para-hydroxylation sites is 2. The molecule has 4 nitrogen and oxygen atoms in total. The number of amidine groups is 1. The molecule has 1 saturated heterocycles. The molecule has 1 saturated carbocycles. The fourth-order valence-corrected chi connectivity index (χ4v) is 4.64. The first-order valence-corrected chi connectivity index (χ1v) is 10.1. The van der Waals surface area contributed by atoms with E-state index in [1.54, 1.807) is 7.11 Å². The van der Waals surface area contributed by atoms with Crippen molar-refractivity contribution in [1.82, 2.24) is 4.90 Å². The number of hydrogen-bond acceptors (Lipinski definition) is 4. The maximum atomic E-state index is 13.2. The lowest BCUT2D eigenvalue weighted by Crippen LogP contribution is -2.37. The van der Waals surface area contributed by atoms with Crippen molar-refractivity contribution in [3.63, 3.8) is 0 Å². The van der Waals surface area contributed by atoms with Crippen LogP contribution in [0.25, 0.3) is 6.08 Å². The SMILES string of the molecule is COc1ccccc1C=C1SC(=Nc2ccccc2)N(C2CCCC2)C1=O. The van der Waals surface area contributed by atoms with Crippen LogP contribution in [-0.2, 0) is 4.79 Å². The van der Waals surface area contributed by atoms with Gasteiger partial charge in [0, 0.05) is 11.6 Å². The van der Waals surface area contributed by atoms with E-state index in [4.69, 9.17) is 9.73 Å². The molecule has 138 valence electrons. The van der Waals surface area contributed by atoms with Crippen molar-refractivity contribution in [2.75, 3.05) is 7.11 Å². The average Bonchev–Trinajstić information content (AvgIpc) is 3.32. The smallest absolute Gasteiger partial charge is 0.267 e. The Morgan fingerprint density at radius 1 is 1.07 bits per heavy atom. The minimum Gasteiger partial charge on any atom is -0.496 e. The lowest BCUT2D eigenvalue weighted by Gasteiger charge is -2.22. The number of amides is 1. The Kier molecular flexibility index (Phi) is 5.30. The zero-order valence-electron chi connectivity index (χ0n) is 15.3. The second-order valence-electron chi connectivity index (χ2n) is 6.70. The summed E-state index contributed by atoms with van der Waals surface area (Å²) in [7, 11) is 1.65. The monoisotopic (exact) mass is 378 g/mol. The van der Waals surface area contributed by atoms with Crippen LogP contribution >= 0.6 is 11.8 Å². The van der Waals surface area contributed by atoms with Gasteiger partial charge < -0.3 is 4.74 Å². The molecule has 0 radical (unpaired) electrons. The van der Waals surface area contributed by atoms with Crippen LogP contribution in [0.5, 0.6) is 5.75 Å². The Morgan fingerprint density at radius 2 is 1.78 bits per heavy atom. The van der Waals surface area contributed by atoms with Gasteiger partial charge >= 0.3 is 0 Å². The Balaban J connectivity index is 1.72. The number of methoxy groups -OCH3 is 1. The molecule has 2 aliphatic rings. The van der Waals surface area contributed by atoms with Gasteiger partial charge in [-0.3, -0.25) is 9.69 Å². The highest BCUT2D eigenvalue weighted by Crippen LogP contribution is 2.39. The van der Waals surface area contributed by atoms with E-state index in [0.29, 0.717) is 4.91 Å². The summed E-state index contributed by atoms with van der Waals surface area (Å²) in [6.45, 7) is 0. The molecule has 1 heterocycles. The molecule has 2 aromatic carbocycles. The third kappa shape index (κ3) is 3.78. The number of carbonyl (C=O) groups excluding carboxylic acids is 1. The fraction of sp³-hybridized carbons (Fsp3) is 0.273. The van der Waals surface area contributed by atoms with Crippen molar-refractivity contribution in [3.8, 4) is 5.75 Å². The molecule has 27 heavy (non-hydrogen) atoms. The quantitative estimate of drug-likeness (QED) is 0.683. The molecule has 0 bridgehead atoms. The first-order chi connectivity index (χ1) is 13.3.